The summed E-state index contributed by atoms with van der Waals surface area (Å²) in [5, 5.41) is 8.35. The van der Waals surface area contributed by atoms with E-state index in [-0.39, 0.29) is 0 Å². The Bertz CT molecular complexity index is 388. The maximum atomic E-state index is 10.2. The van der Waals surface area contributed by atoms with Crippen LogP contribution in [0.2, 0.25) is 0 Å². The number of benzene rings is 1. The number of carboxylic acid groups (broad SMARTS) is 1. The standard InChI is InChI=1S/C10H7NO2/c1-11-9-4-2-3-8(7-9)5-6-10(12)13/h2-7H,(H,12,13)/b6-5+. The Morgan fingerprint density at radius 2 is 2.31 bits per heavy atom. The van der Waals surface area contributed by atoms with Crippen molar-refractivity contribution in [2.45, 2.75) is 0 Å². The van der Waals surface area contributed by atoms with E-state index in [0.29, 0.717) is 5.69 Å². The minimum atomic E-state index is -0.992. The first-order valence-electron chi connectivity index (χ1n) is 3.61. The van der Waals surface area contributed by atoms with Gasteiger partial charge in [-0.25, -0.2) is 9.64 Å². The van der Waals surface area contributed by atoms with Gasteiger partial charge in [-0.2, -0.15) is 0 Å². The highest BCUT2D eigenvalue weighted by atomic mass is 16.4. The molecule has 64 valence electrons. The van der Waals surface area contributed by atoms with Crippen LogP contribution in [0.15, 0.2) is 30.3 Å². The Kier molecular flexibility index (Phi) is 2.82. The average Bonchev–Trinajstić information content (AvgIpc) is 2.15. The molecule has 0 aliphatic heterocycles. The Labute approximate surface area is 75.8 Å². The first-order chi connectivity index (χ1) is 6.22. The van der Waals surface area contributed by atoms with Crippen molar-refractivity contribution in [2.75, 3.05) is 0 Å². The fourth-order valence-corrected chi connectivity index (χ4v) is 0.866. The van der Waals surface area contributed by atoms with E-state index in [4.69, 9.17) is 11.7 Å². The first kappa shape index (κ1) is 9.01. The van der Waals surface area contributed by atoms with E-state index in [2.05, 4.69) is 4.85 Å². The molecule has 0 spiro atoms. The third-order valence-electron chi connectivity index (χ3n) is 1.42. The summed E-state index contributed by atoms with van der Waals surface area (Å²) in [5.41, 5.74) is 1.23. The molecule has 3 heteroatoms. The Morgan fingerprint density at radius 3 is 2.92 bits per heavy atom. The zero-order valence-corrected chi connectivity index (χ0v) is 6.77. The van der Waals surface area contributed by atoms with Gasteiger partial charge in [0.2, 0.25) is 0 Å². The molecule has 0 fully saturated rings. The second kappa shape index (κ2) is 4.07. The predicted octanol–water partition coefficient (Wildman–Crippen LogP) is 2.34. The molecule has 0 heterocycles. The van der Waals surface area contributed by atoms with E-state index in [0.717, 1.165) is 11.6 Å². The molecule has 0 unspecified atom stereocenters. The number of carbonyl (C=O) groups is 1. The second-order valence-electron chi connectivity index (χ2n) is 2.38. The van der Waals surface area contributed by atoms with Crippen LogP contribution in [0.5, 0.6) is 0 Å². The molecule has 1 aromatic carbocycles. The molecule has 3 nitrogen and oxygen atoms in total. The monoisotopic (exact) mass is 173 g/mol. The Balaban J connectivity index is 2.91. The summed E-state index contributed by atoms with van der Waals surface area (Å²) >= 11 is 0. The van der Waals surface area contributed by atoms with Crippen LogP contribution < -0.4 is 0 Å². The third-order valence-corrected chi connectivity index (χ3v) is 1.42. The lowest BCUT2D eigenvalue weighted by molar-refractivity contribution is -0.131. The van der Waals surface area contributed by atoms with Gasteiger partial charge in [0, 0.05) is 6.08 Å². The first-order valence-corrected chi connectivity index (χ1v) is 3.61. The van der Waals surface area contributed by atoms with Gasteiger partial charge in [-0.3, -0.25) is 0 Å². The molecule has 1 aromatic rings. The van der Waals surface area contributed by atoms with Gasteiger partial charge in [-0.05, 0) is 17.7 Å². The molecular formula is C10H7NO2. The number of aliphatic carboxylic acids is 1. The smallest absolute Gasteiger partial charge is 0.328 e. The van der Waals surface area contributed by atoms with Crippen LogP contribution in [0, 0.1) is 6.57 Å². The number of carboxylic acids is 1. The molecule has 0 bridgehead atoms. The largest absolute Gasteiger partial charge is 0.478 e. The summed E-state index contributed by atoms with van der Waals surface area (Å²) in [6, 6.07) is 6.76. The van der Waals surface area contributed by atoms with Crippen molar-refractivity contribution in [1.29, 1.82) is 0 Å². The molecule has 0 radical (unpaired) electrons. The van der Waals surface area contributed by atoms with Crippen molar-refractivity contribution in [3.05, 3.63) is 47.3 Å². The minimum absolute atomic E-state index is 0.507. The molecule has 1 rings (SSSR count). The third kappa shape index (κ3) is 2.80. The molecule has 0 saturated carbocycles. The van der Waals surface area contributed by atoms with E-state index in [9.17, 15) is 4.79 Å². The average molecular weight is 173 g/mol. The van der Waals surface area contributed by atoms with Crippen molar-refractivity contribution in [3.63, 3.8) is 0 Å². The quantitative estimate of drug-likeness (QED) is 0.550. The molecule has 0 atom stereocenters. The van der Waals surface area contributed by atoms with Gasteiger partial charge in [-0.15, -0.1) is 0 Å². The lowest BCUT2D eigenvalue weighted by atomic mass is 10.2. The van der Waals surface area contributed by atoms with E-state index < -0.39 is 5.97 Å². The van der Waals surface area contributed by atoms with Crippen LogP contribution in [-0.4, -0.2) is 11.1 Å². The lowest BCUT2D eigenvalue weighted by Crippen LogP contribution is -1.85. The number of hydrogen-bond donors (Lipinski definition) is 1. The number of hydrogen-bond acceptors (Lipinski definition) is 1. The Morgan fingerprint density at radius 1 is 1.54 bits per heavy atom. The summed E-state index contributed by atoms with van der Waals surface area (Å²) in [7, 11) is 0. The maximum Gasteiger partial charge on any atom is 0.328 e. The fraction of sp³-hybridized carbons (Fsp3) is 0. The highest BCUT2D eigenvalue weighted by Gasteiger charge is 1.91. The number of nitrogens with zero attached hydrogens (tertiary/aromatic N) is 1. The van der Waals surface area contributed by atoms with Crippen molar-refractivity contribution in [3.8, 4) is 0 Å². The van der Waals surface area contributed by atoms with Crippen molar-refractivity contribution in [1.82, 2.24) is 0 Å². The van der Waals surface area contributed by atoms with Crippen LogP contribution in [0.1, 0.15) is 5.56 Å². The molecule has 0 aromatic heterocycles. The van der Waals surface area contributed by atoms with E-state index in [1.807, 2.05) is 0 Å². The molecule has 0 amide bonds. The lowest BCUT2D eigenvalue weighted by Gasteiger charge is -1.92. The van der Waals surface area contributed by atoms with Crippen molar-refractivity contribution >= 4 is 17.7 Å². The van der Waals surface area contributed by atoms with E-state index in [1.54, 1.807) is 24.3 Å². The predicted molar refractivity (Wildman–Crippen MR) is 49.4 cm³/mol. The summed E-state index contributed by atoms with van der Waals surface area (Å²) < 4.78 is 0. The SMILES string of the molecule is [C-]#[N+]c1cccc(/C=C/C(=O)O)c1. The van der Waals surface area contributed by atoms with Crippen LogP contribution in [0.3, 0.4) is 0 Å². The molecule has 0 aliphatic rings. The van der Waals surface area contributed by atoms with Crippen molar-refractivity contribution < 1.29 is 9.90 Å². The molecule has 13 heavy (non-hydrogen) atoms. The maximum absolute atomic E-state index is 10.2. The van der Waals surface area contributed by atoms with E-state index >= 15 is 0 Å². The highest BCUT2D eigenvalue weighted by molar-refractivity contribution is 5.85. The fourth-order valence-electron chi connectivity index (χ4n) is 0.866. The molecule has 1 N–H and O–H groups in total. The van der Waals surface area contributed by atoms with Gasteiger partial charge in [0.15, 0.2) is 5.69 Å². The highest BCUT2D eigenvalue weighted by Crippen LogP contribution is 2.14. The van der Waals surface area contributed by atoms with Gasteiger partial charge < -0.3 is 5.11 Å². The van der Waals surface area contributed by atoms with Crippen molar-refractivity contribution in [2.24, 2.45) is 0 Å². The summed E-state index contributed by atoms with van der Waals surface area (Å²) in [4.78, 5) is 13.4. The van der Waals surface area contributed by atoms with Gasteiger partial charge >= 0.3 is 5.97 Å². The minimum Gasteiger partial charge on any atom is -0.478 e. The van der Waals surface area contributed by atoms with Crippen LogP contribution in [0.4, 0.5) is 5.69 Å². The summed E-state index contributed by atoms with van der Waals surface area (Å²) in [6.07, 6.45) is 2.50. The van der Waals surface area contributed by atoms with E-state index in [1.165, 1.54) is 6.08 Å². The number of rotatable bonds is 2. The molecule has 0 aliphatic carbocycles. The van der Waals surface area contributed by atoms with Crippen LogP contribution in [-0.2, 0) is 4.79 Å². The Hall–Kier alpha value is -2.08. The van der Waals surface area contributed by atoms with Crippen LogP contribution in [0.25, 0.3) is 10.9 Å². The molecular weight excluding hydrogens is 166 g/mol. The van der Waals surface area contributed by atoms with Gasteiger partial charge in [0.1, 0.15) is 0 Å². The van der Waals surface area contributed by atoms with Gasteiger partial charge in [0.05, 0.1) is 6.57 Å². The zero-order chi connectivity index (χ0) is 9.68. The summed E-state index contributed by atoms with van der Waals surface area (Å²) in [5.74, 6) is -0.992. The zero-order valence-electron chi connectivity index (χ0n) is 6.77. The van der Waals surface area contributed by atoms with Gasteiger partial charge in [0.25, 0.3) is 0 Å². The normalized spacial score (nSPS) is 9.77. The van der Waals surface area contributed by atoms with Gasteiger partial charge in [-0.1, -0.05) is 18.2 Å². The molecule has 0 saturated heterocycles. The van der Waals surface area contributed by atoms with Crippen LogP contribution >= 0.6 is 0 Å². The second-order valence-corrected chi connectivity index (χ2v) is 2.38. The summed E-state index contributed by atoms with van der Waals surface area (Å²) in [6.45, 7) is 6.74. The topological polar surface area (TPSA) is 41.7 Å².